The van der Waals surface area contributed by atoms with Crippen molar-refractivity contribution in [3.63, 3.8) is 0 Å². The molecule has 3 rings (SSSR count). The number of amides is 2. The number of hydrogen-bond donors (Lipinski definition) is 5. The summed E-state index contributed by atoms with van der Waals surface area (Å²) < 4.78 is 23.0. The molecule has 0 aliphatic carbocycles. The minimum Gasteiger partial charge on any atom is -0.394 e. The van der Waals surface area contributed by atoms with Crippen molar-refractivity contribution in [2.24, 2.45) is 0 Å². The fraction of sp³-hybridized carbons (Fsp3) is 0.562. The van der Waals surface area contributed by atoms with Gasteiger partial charge in [0.1, 0.15) is 24.5 Å². The monoisotopic (exact) mass is 678 g/mol. The number of halogens is 1. The molecule has 2 heterocycles. The van der Waals surface area contributed by atoms with Crippen molar-refractivity contribution in [2.75, 3.05) is 65.2 Å². The number of benzene rings is 1. The topological polar surface area (TPSA) is 190 Å². The van der Waals surface area contributed by atoms with E-state index < -0.39 is 36.3 Å². The normalized spacial score (nSPS) is 17.2. The second kappa shape index (κ2) is 21.3. The molecule has 3 atom stereocenters. The van der Waals surface area contributed by atoms with Crippen LogP contribution in [0.15, 0.2) is 40.1 Å². The number of aliphatic hydroxyl groups excluding tert-OH is 2. The number of unbranched alkanes of at least 4 members (excludes halogenated alkanes) is 3. The smallest absolute Gasteiger partial charge is 0.330 e. The molecule has 0 radical (unpaired) electrons. The Bertz CT molecular complexity index is 1440. The third kappa shape index (κ3) is 13.2. The van der Waals surface area contributed by atoms with Gasteiger partial charge in [0.2, 0.25) is 0 Å². The molecular formula is C32H43ClN4O10. The van der Waals surface area contributed by atoms with Crippen molar-refractivity contribution in [3.8, 4) is 11.8 Å². The van der Waals surface area contributed by atoms with E-state index in [1.807, 2.05) is 0 Å². The molecule has 2 amide bonds. The molecule has 258 valence electrons. The van der Waals surface area contributed by atoms with Crippen molar-refractivity contribution in [1.29, 1.82) is 0 Å². The molecule has 5 N–H and O–H groups in total. The number of carbonyl (C=O) groups is 2. The molecular weight excluding hydrogens is 636 g/mol. The zero-order valence-corrected chi connectivity index (χ0v) is 27.0. The summed E-state index contributed by atoms with van der Waals surface area (Å²) in [5.41, 5.74) is -0.614. The van der Waals surface area contributed by atoms with Crippen molar-refractivity contribution in [3.05, 3.63) is 68.0 Å². The van der Waals surface area contributed by atoms with E-state index in [0.29, 0.717) is 50.0 Å². The van der Waals surface area contributed by atoms with Crippen molar-refractivity contribution >= 4 is 23.4 Å². The summed E-state index contributed by atoms with van der Waals surface area (Å²) in [5.74, 6) is 5.40. The van der Waals surface area contributed by atoms with E-state index in [2.05, 4.69) is 27.5 Å². The SMILES string of the molecule is O=C(NCCOCC#Cc1cn([C@H]2CC(O)[C@@H](CO)O2)c(=O)[nH]c1=O)c1ccc(C(=O)NCCOCCOCCCCCCCl)cc1. The number of aromatic amines is 1. The zero-order valence-electron chi connectivity index (χ0n) is 26.2. The summed E-state index contributed by atoms with van der Waals surface area (Å²) >= 11 is 5.65. The van der Waals surface area contributed by atoms with E-state index >= 15 is 0 Å². The lowest BCUT2D eigenvalue weighted by atomic mass is 10.1. The highest BCUT2D eigenvalue weighted by atomic mass is 35.5. The fourth-order valence-electron chi connectivity index (χ4n) is 4.52. The summed E-state index contributed by atoms with van der Waals surface area (Å²) in [4.78, 5) is 51.3. The molecule has 1 fully saturated rings. The Hall–Kier alpha value is -3.55. The van der Waals surface area contributed by atoms with Crippen molar-refractivity contribution in [2.45, 2.75) is 50.5 Å². The highest BCUT2D eigenvalue weighted by molar-refractivity contribution is 6.17. The number of H-pyrrole nitrogens is 1. The predicted molar refractivity (Wildman–Crippen MR) is 173 cm³/mol. The molecule has 0 spiro atoms. The molecule has 47 heavy (non-hydrogen) atoms. The first-order chi connectivity index (χ1) is 22.8. The van der Waals surface area contributed by atoms with Crippen LogP contribution in [0.5, 0.6) is 0 Å². The zero-order chi connectivity index (χ0) is 33.9. The fourth-order valence-corrected chi connectivity index (χ4v) is 4.71. The Morgan fingerprint density at radius 1 is 0.936 bits per heavy atom. The number of nitrogens with one attached hydrogen (secondary N) is 3. The maximum absolute atomic E-state index is 12.4. The number of carbonyl (C=O) groups excluding carboxylic acids is 2. The van der Waals surface area contributed by atoms with E-state index in [1.54, 1.807) is 24.3 Å². The van der Waals surface area contributed by atoms with E-state index in [9.17, 15) is 29.4 Å². The van der Waals surface area contributed by atoms with E-state index in [1.165, 1.54) is 6.20 Å². The van der Waals surface area contributed by atoms with Gasteiger partial charge in [0.25, 0.3) is 17.4 Å². The van der Waals surface area contributed by atoms with Gasteiger partial charge in [-0.3, -0.25) is 23.9 Å². The van der Waals surface area contributed by atoms with Gasteiger partial charge >= 0.3 is 5.69 Å². The van der Waals surface area contributed by atoms with Crippen LogP contribution in [0.4, 0.5) is 0 Å². The highest BCUT2D eigenvalue weighted by Crippen LogP contribution is 2.27. The van der Waals surface area contributed by atoms with Gasteiger partial charge < -0.3 is 39.8 Å². The molecule has 1 aromatic heterocycles. The summed E-state index contributed by atoms with van der Waals surface area (Å²) in [6, 6.07) is 6.24. The minimum absolute atomic E-state index is 0.00113. The van der Waals surface area contributed by atoms with Crippen LogP contribution in [0.25, 0.3) is 0 Å². The summed E-state index contributed by atoms with van der Waals surface area (Å²) in [6.45, 7) is 2.26. The number of nitrogens with zero attached hydrogens (tertiary/aromatic N) is 1. The number of alkyl halides is 1. The average molecular weight is 679 g/mol. The lowest BCUT2D eigenvalue weighted by Gasteiger charge is -2.14. The highest BCUT2D eigenvalue weighted by Gasteiger charge is 2.35. The van der Waals surface area contributed by atoms with Gasteiger partial charge in [-0.15, -0.1) is 11.6 Å². The van der Waals surface area contributed by atoms with Crippen LogP contribution in [0.2, 0.25) is 0 Å². The largest absolute Gasteiger partial charge is 0.394 e. The molecule has 1 unspecified atom stereocenters. The molecule has 2 aromatic rings. The molecule has 1 aromatic carbocycles. The van der Waals surface area contributed by atoms with Crippen LogP contribution in [-0.4, -0.2) is 109 Å². The Kier molecular flexibility index (Phi) is 17.2. The summed E-state index contributed by atoms with van der Waals surface area (Å²) in [7, 11) is 0. The number of ether oxygens (including phenoxy) is 4. The van der Waals surface area contributed by atoms with Crippen LogP contribution >= 0.6 is 11.6 Å². The maximum atomic E-state index is 12.4. The Morgan fingerprint density at radius 2 is 1.55 bits per heavy atom. The molecule has 15 heteroatoms. The third-order valence-electron chi connectivity index (χ3n) is 7.08. The van der Waals surface area contributed by atoms with Gasteiger partial charge in [0, 0.05) is 49.3 Å². The Morgan fingerprint density at radius 3 is 2.17 bits per heavy atom. The van der Waals surface area contributed by atoms with E-state index in [0.717, 1.165) is 30.3 Å². The molecule has 14 nitrogen and oxygen atoms in total. The Labute approximate surface area is 277 Å². The van der Waals surface area contributed by atoms with Crippen LogP contribution in [0.1, 0.15) is 64.6 Å². The van der Waals surface area contributed by atoms with Crippen LogP contribution in [0, 0.1) is 11.8 Å². The van der Waals surface area contributed by atoms with Gasteiger partial charge in [0.15, 0.2) is 0 Å². The Balaban J connectivity index is 1.28. The van der Waals surface area contributed by atoms with Gasteiger partial charge in [-0.05, 0) is 37.1 Å². The molecule has 1 aliphatic heterocycles. The van der Waals surface area contributed by atoms with Crippen molar-refractivity contribution in [1.82, 2.24) is 20.2 Å². The second-order valence-electron chi connectivity index (χ2n) is 10.6. The minimum atomic E-state index is -0.947. The van der Waals surface area contributed by atoms with Gasteiger partial charge in [-0.25, -0.2) is 4.79 Å². The van der Waals surface area contributed by atoms with Crippen molar-refractivity contribution < 1.29 is 38.7 Å². The standard InChI is InChI=1S/C32H43ClN4O10/c33-11-3-1-2-4-14-45-18-19-46-17-13-35-30(41)24-9-7-23(8-10-24)29(40)34-12-16-44-15-5-6-25-21-37(32(43)36-31(25)42)28-20-26(39)27(22-38)47-28/h7-10,21,26-28,38-39H,1-4,11-20,22H2,(H,34,40)(H,35,41)(H,36,42,43)/t26?,27-,28-/m1/s1. The van der Waals surface area contributed by atoms with Gasteiger partial charge in [0.05, 0.1) is 39.1 Å². The van der Waals surface area contributed by atoms with Gasteiger partial charge in [-0.2, -0.15) is 0 Å². The second-order valence-corrected chi connectivity index (χ2v) is 11.0. The van der Waals surface area contributed by atoms with E-state index in [4.69, 9.17) is 30.5 Å². The first kappa shape index (κ1) is 37.9. The molecule has 0 bridgehead atoms. The number of rotatable bonds is 20. The maximum Gasteiger partial charge on any atom is 0.330 e. The lowest BCUT2D eigenvalue weighted by Crippen LogP contribution is -2.33. The third-order valence-corrected chi connectivity index (χ3v) is 7.34. The summed E-state index contributed by atoms with van der Waals surface area (Å²) in [5, 5.41) is 24.7. The quantitative estimate of drug-likeness (QED) is 0.0751. The van der Waals surface area contributed by atoms with Gasteiger partial charge in [-0.1, -0.05) is 24.7 Å². The number of aromatic nitrogens is 2. The molecule has 0 saturated carbocycles. The van der Waals surface area contributed by atoms with Crippen LogP contribution in [0.3, 0.4) is 0 Å². The first-order valence-electron chi connectivity index (χ1n) is 15.6. The number of hydrogen-bond acceptors (Lipinski definition) is 10. The molecule has 1 saturated heterocycles. The van der Waals surface area contributed by atoms with E-state index in [-0.39, 0.29) is 43.6 Å². The summed E-state index contributed by atoms with van der Waals surface area (Å²) in [6.07, 6.45) is 2.94. The average Bonchev–Trinajstić information content (AvgIpc) is 3.45. The predicted octanol–water partition coefficient (Wildman–Crippen LogP) is 0.538. The number of aliphatic hydroxyl groups is 2. The lowest BCUT2D eigenvalue weighted by molar-refractivity contribution is -0.0459. The van der Waals surface area contributed by atoms with Crippen LogP contribution in [-0.2, 0) is 18.9 Å². The first-order valence-corrected chi connectivity index (χ1v) is 16.1. The van der Waals surface area contributed by atoms with Crippen LogP contribution < -0.4 is 21.9 Å². The molecule has 1 aliphatic rings.